The predicted molar refractivity (Wildman–Crippen MR) is 112 cm³/mol. The van der Waals surface area contributed by atoms with Crippen LogP contribution in [0.4, 0.5) is 0 Å². The Morgan fingerprint density at radius 1 is 1.30 bits per heavy atom. The third-order valence-electron chi connectivity index (χ3n) is 5.69. The van der Waals surface area contributed by atoms with Gasteiger partial charge < -0.3 is 19.7 Å². The van der Waals surface area contributed by atoms with Gasteiger partial charge in [0, 0.05) is 31.6 Å². The Balaban J connectivity index is 2.03. The monoisotopic (exact) mass is 416 g/mol. The molecule has 0 unspecified atom stereocenters. The number of fused-ring (bicyclic) bond motifs is 1. The quantitative estimate of drug-likeness (QED) is 0.287. The average molecular weight is 417 g/mol. The third-order valence-corrected chi connectivity index (χ3v) is 5.69. The highest BCUT2D eigenvalue weighted by Crippen LogP contribution is 2.49. The van der Waals surface area contributed by atoms with Crippen LogP contribution in [0.3, 0.4) is 0 Å². The number of esters is 1. The van der Waals surface area contributed by atoms with Crippen LogP contribution in [0, 0.1) is 47.4 Å². The topological polar surface area (TPSA) is 93.1 Å². The highest BCUT2D eigenvalue weighted by molar-refractivity contribution is 5.68. The van der Waals surface area contributed by atoms with Crippen LogP contribution in [0.5, 0.6) is 0 Å². The van der Waals surface area contributed by atoms with Crippen molar-refractivity contribution in [2.24, 2.45) is 23.7 Å². The van der Waals surface area contributed by atoms with Gasteiger partial charge in [0.25, 0.3) is 0 Å². The van der Waals surface area contributed by atoms with E-state index < -0.39 is 18.2 Å². The fourth-order valence-corrected chi connectivity index (χ4v) is 4.26. The van der Waals surface area contributed by atoms with Crippen molar-refractivity contribution >= 4 is 11.9 Å². The molecule has 6 atom stereocenters. The number of hydrogen-bond acceptors (Lipinski definition) is 5. The molecule has 0 aromatic rings. The number of aliphatic carboxylic acids is 1. The molecule has 0 radical (unpaired) electrons. The number of aliphatic hydroxyl groups excluding tert-OH is 1. The van der Waals surface area contributed by atoms with E-state index in [1.165, 1.54) is 12.5 Å². The Hall–Kier alpha value is -2.28. The molecule has 0 amide bonds. The first-order chi connectivity index (χ1) is 14.3. The Morgan fingerprint density at radius 3 is 2.73 bits per heavy atom. The first-order valence-corrected chi connectivity index (χ1v) is 10.6. The van der Waals surface area contributed by atoms with Gasteiger partial charge in [-0.1, -0.05) is 37.3 Å². The average Bonchev–Trinajstić information content (AvgIpc) is 3.18. The fraction of sp³-hybridized carbons (Fsp3) is 0.667. The van der Waals surface area contributed by atoms with E-state index in [0.29, 0.717) is 18.8 Å². The van der Waals surface area contributed by atoms with Crippen LogP contribution in [-0.2, 0) is 19.1 Å². The van der Waals surface area contributed by atoms with Crippen molar-refractivity contribution in [1.29, 1.82) is 0 Å². The van der Waals surface area contributed by atoms with Gasteiger partial charge in [0.15, 0.2) is 6.10 Å². The molecular formula is C24H32O6. The summed E-state index contributed by atoms with van der Waals surface area (Å²) in [6.07, 6.45) is 4.72. The summed E-state index contributed by atoms with van der Waals surface area (Å²) in [6.45, 7) is 5.31. The lowest BCUT2D eigenvalue weighted by Crippen LogP contribution is -2.24. The summed E-state index contributed by atoms with van der Waals surface area (Å²) in [6, 6.07) is 0. The number of hydrogen-bond donors (Lipinski definition) is 2. The minimum atomic E-state index is -0.979. The van der Waals surface area contributed by atoms with Crippen LogP contribution >= 0.6 is 0 Å². The molecule has 2 aliphatic rings. The van der Waals surface area contributed by atoms with E-state index in [9.17, 15) is 14.7 Å². The van der Waals surface area contributed by atoms with Gasteiger partial charge in [-0.05, 0) is 31.1 Å². The van der Waals surface area contributed by atoms with Crippen molar-refractivity contribution in [3.63, 3.8) is 0 Å². The number of rotatable bonds is 7. The zero-order valence-corrected chi connectivity index (χ0v) is 18.0. The number of carboxylic acids is 1. The van der Waals surface area contributed by atoms with Gasteiger partial charge in [-0.25, -0.2) is 4.79 Å². The molecule has 2 saturated carbocycles. The van der Waals surface area contributed by atoms with E-state index in [1.807, 2.05) is 19.9 Å². The van der Waals surface area contributed by atoms with Crippen molar-refractivity contribution in [1.82, 2.24) is 0 Å². The maximum Gasteiger partial charge on any atom is 0.329 e. The number of carbonyl (C=O) groups excluding carboxylic acids is 1. The Labute approximate surface area is 179 Å². The van der Waals surface area contributed by atoms with Crippen LogP contribution in [0.1, 0.15) is 52.9 Å². The van der Waals surface area contributed by atoms with Crippen molar-refractivity contribution in [3.05, 3.63) is 11.6 Å². The van der Waals surface area contributed by atoms with Crippen molar-refractivity contribution in [3.8, 4) is 23.7 Å². The van der Waals surface area contributed by atoms with E-state index in [1.54, 1.807) is 0 Å². The summed E-state index contributed by atoms with van der Waals surface area (Å²) < 4.78 is 10.5. The second-order valence-electron chi connectivity index (χ2n) is 8.14. The molecule has 0 saturated heterocycles. The lowest BCUT2D eigenvalue weighted by Gasteiger charge is -2.19. The first-order valence-electron chi connectivity index (χ1n) is 10.6. The van der Waals surface area contributed by atoms with E-state index in [0.717, 1.165) is 19.3 Å². The smallest absolute Gasteiger partial charge is 0.329 e. The normalized spacial score (nSPS) is 27.9. The molecular weight excluding hydrogens is 384 g/mol. The van der Waals surface area contributed by atoms with Crippen molar-refractivity contribution < 1.29 is 29.3 Å². The molecule has 0 spiro atoms. The second kappa shape index (κ2) is 11.8. The number of carbonyl (C=O) groups is 2. The predicted octanol–water partition coefficient (Wildman–Crippen LogP) is 2.80. The Kier molecular flexibility index (Phi) is 9.43. The summed E-state index contributed by atoms with van der Waals surface area (Å²) in [5.74, 6) is 11.5. The molecule has 2 N–H and O–H groups in total. The Morgan fingerprint density at radius 2 is 2.07 bits per heavy atom. The molecule has 0 heterocycles. The third kappa shape index (κ3) is 7.20. The molecule has 0 aliphatic heterocycles. The fourth-order valence-electron chi connectivity index (χ4n) is 4.26. The lowest BCUT2D eigenvalue weighted by molar-refractivity contribution is -0.145. The molecule has 2 rings (SSSR count). The van der Waals surface area contributed by atoms with Crippen LogP contribution in [0.15, 0.2) is 11.6 Å². The van der Waals surface area contributed by atoms with Crippen LogP contribution in [0.25, 0.3) is 0 Å². The molecule has 6 heteroatoms. The highest BCUT2D eigenvalue weighted by atomic mass is 16.5. The van der Waals surface area contributed by atoms with E-state index in [2.05, 4.69) is 23.7 Å². The maximum absolute atomic E-state index is 11.5. The number of carboxylic acid groups (broad SMARTS) is 1. The molecule has 0 aromatic heterocycles. The number of aliphatic hydroxyl groups is 1. The molecule has 164 valence electrons. The van der Waals surface area contributed by atoms with Gasteiger partial charge in [0.2, 0.25) is 0 Å². The summed E-state index contributed by atoms with van der Waals surface area (Å²) in [5, 5.41) is 19.2. The van der Waals surface area contributed by atoms with Gasteiger partial charge >= 0.3 is 11.9 Å². The van der Waals surface area contributed by atoms with Gasteiger partial charge in [-0.2, -0.15) is 0 Å². The van der Waals surface area contributed by atoms with Gasteiger partial charge in [0.1, 0.15) is 6.61 Å². The second-order valence-corrected chi connectivity index (χ2v) is 8.14. The van der Waals surface area contributed by atoms with E-state index >= 15 is 0 Å². The molecule has 2 fully saturated rings. The Bertz CT molecular complexity index is 762. The SMILES string of the molecule is CCC#CC[C@H](C)[C@@H](C#C[C@@H]1[C@H]2C/C(=C/COCC(=O)O)C[C@H]2C[C@H]1O)OC(C)=O. The zero-order valence-electron chi connectivity index (χ0n) is 18.0. The number of ether oxygens (including phenoxy) is 2. The molecule has 0 aromatic carbocycles. The largest absolute Gasteiger partial charge is 0.480 e. The summed E-state index contributed by atoms with van der Waals surface area (Å²) in [5.41, 5.74) is 1.23. The summed E-state index contributed by atoms with van der Waals surface area (Å²) in [7, 11) is 0. The highest BCUT2D eigenvalue weighted by Gasteiger charge is 2.45. The van der Waals surface area contributed by atoms with Crippen molar-refractivity contribution in [2.45, 2.75) is 65.1 Å². The first kappa shape index (κ1) is 24.0. The molecule has 6 nitrogen and oxygen atoms in total. The van der Waals surface area contributed by atoms with Gasteiger partial charge in [-0.3, -0.25) is 4.79 Å². The minimum absolute atomic E-state index is 0.0137. The zero-order chi connectivity index (χ0) is 22.1. The van der Waals surface area contributed by atoms with Gasteiger partial charge in [0.05, 0.1) is 12.7 Å². The van der Waals surface area contributed by atoms with Crippen molar-refractivity contribution in [2.75, 3.05) is 13.2 Å². The summed E-state index contributed by atoms with van der Waals surface area (Å²) in [4.78, 5) is 22.0. The number of allylic oxidation sites excluding steroid dienone is 1. The minimum Gasteiger partial charge on any atom is -0.480 e. The van der Waals surface area contributed by atoms with Crippen LogP contribution in [0.2, 0.25) is 0 Å². The maximum atomic E-state index is 11.5. The van der Waals surface area contributed by atoms with Crippen LogP contribution in [-0.4, -0.2) is 47.6 Å². The standard InChI is InChI=1S/C24H32O6/c1-4-5-6-7-16(2)23(30-17(3)25)9-8-20-21-13-18(10-11-29-15-24(27)28)12-19(21)14-22(20)26/h10,16,19-23,26H,4,7,11-15H2,1-3H3,(H,27,28)/b18-10+/t16-,19-,20+,21-,22+,23+/m0/s1. The summed E-state index contributed by atoms with van der Waals surface area (Å²) >= 11 is 0. The molecule has 2 aliphatic carbocycles. The van der Waals surface area contributed by atoms with Gasteiger partial charge in [-0.15, -0.1) is 11.8 Å². The molecule has 0 bridgehead atoms. The van der Waals surface area contributed by atoms with E-state index in [-0.39, 0.29) is 36.9 Å². The van der Waals surface area contributed by atoms with Crippen LogP contribution < -0.4 is 0 Å². The lowest BCUT2D eigenvalue weighted by atomic mass is 9.90. The molecule has 30 heavy (non-hydrogen) atoms. The van der Waals surface area contributed by atoms with E-state index in [4.69, 9.17) is 14.6 Å².